The number of benzene rings is 1. The molecule has 1 aromatic carbocycles. The number of aromatic nitrogens is 3. The van der Waals surface area contributed by atoms with E-state index in [0.717, 1.165) is 57.5 Å². The Bertz CT molecular complexity index is 1270. The lowest BCUT2D eigenvalue weighted by molar-refractivity contribution is 0.0261. The molecular weight excluding hydrogens is 514 g/mol. The first-order valence-corrected chi connectivity index (χ1v) is 13.3. The summed E-state index contributed by atoms with van der Waals surface area (Å²) in [6.07, 6.45) is 5.55. The van der Waals surface area contributed by atoms with Crippen molar-refractivity contribution in [1.29, 1.82) is 0 Å². The summed E-state index contributed by atoms with van der Waals surface area (Å²) in [7, 11) is 0. The monoisotopic (exact) mass is 543 g/mol. The number of fused-ring (bicyclic) bond motifs is 2. The summed E-state index contributed by atoms with van der Waals surface area (Å²) < 4.78 is 34.7. The molecule has 3 aliphatic heterocycles. The van der Waals surface area contributed by atoms with E-state index in [2.05, 4.69) is 25.2 Å². The van der Waals surface area contributed by atoms with Crippen molar-refractivity contribution in [2.24, 2.45) is 0 Å². The van der Waals surface area contributed by atoms with Crippen molar-refractivity contribution in [3.63, 3.8) is 0 Å². The molecule has 2 aromatic heterocycles. The molecule has 0 amide bonds. The van der Waals surface area contributed by atoms with E-state index >= 15 is 0 Å². The number of ether oxygens (including phenoxy) is 6. The average molecular weight is 544 g/mol. The fraction of sp³-hybridized carbons (Fsp3) is 0.500. The minimum atomic E-state index is 0.0158. The summed E-state index contributed by atoms with van der Waals surface area (Å²) in [5.41, 5.74) is 1.21. The Morgan fingerprint density at radius 2 is 1.87 bits per heavy atom. The highest BCUT2D eigenvalue weighted by Crippen LogP contribution is 2.44. The molecule has 0 bridgehead atoms. The molecule has 202 valence electrons. The normalized spacial score (nSPS) is 18.0. The first kappa shape index (κ1) is 25.2. The van der Waals surface area contributed by atoms with Crippen molar-refractivity contribution < 1.29 is 28.4 Å². The highest BCUT2D eigenvalue weighted by Gasteiger charge is 2.25. The molecule has 0 aliphatic carbocycles. The molecule has 2 saturated heterocycles. The van der Waals surface area contributed by atoms with Gasteiger partial charge in [0.15, 0.2) is 0 Å². The van der Waals surface area contributed by atoms with Gasteiger partial charge >= 0.3 is 0 Å². The van der Waals surface area contributed by atoms with Crippen molar-refractivity contribution >= 4 is 34.0 Å². The largest absolute Gasteiger partial charge is 0.493 e. The topological polar surface area (TPSA) is 109 Å². The molecule has 1 N–H and O–H groups in total. The van der Waals surface area contributed by atoms with Crippen LogP contribution in [0, 0.1) is 0 Å². The molecule has 0 radical (unpaired) electrons. The molecule has 2 fully saturated rings. The number of hydrogen-bond acceptors (Lipinski definition) is 11. The van der Waals surface area contributed by atoms with Crippen LogP contribution in [0.25, 0.3) is 10.9 Å². The fourth-order valence-electron chi connectivity index (χ4n) is 4.75. The second-order valence-electron chi connectivity index (χ2n) is 9.27. The number of halogens is 1. The first-order valence-electron chi connectivity index (χ1n) is 12.9. The molecule has 0 saturated carbocycles. The van der Waals surface area contributed by atoms with Crippen molar-refractivity contribution in [1.82, 2.24) is 19.9 Å². The predicted molar refractivity (Wildman–Crippen MR) is 140 cm³/mol. The SMILES string of the molecule is Clc1cnc2c(c1Nc1ncnc3cc(OCCCN4CCOCC4)cc(OC4CCOCC4)c13)OCO2. The minimum absolute atomic E-state index is 0.0158. The van der Waals surface area contributed by atoms with Crippen LogP contribution in [0.15, 0.2) is 24.7 Å². The number of pyridine rings is 1. The van der Waals surface area contributed by atoms with E-state index in [1.54, 1.807) is 0 Å². The second-order valence-corrected chi connectivity index (χ2v) is 9.68. The maximum absolute atomic E-state index is 6.51. The zero-order valence-electron chi connectivity index (χ0n) is 21.0. The van der Waals surface area contributed by atoms with E-state index in [0.29, 0.717) is 65.0 Å². The smallest absolute Gasteiger partial charge is 0.262 e. The van der Waals surface area contributed by atoms with Crippen molar-refractivity contribution in [2.75, 3.05) is 64.8 Å². The third kappa shape index (κ3) is 5.65. The molecular formula is C26H30ClN5O6. The molecule has 3 aromatic rings. The van der Waals surface area contributed by atoms with Gasteiger partial charge in [-0.1, -0.05) is 11.6 Å². The van der Waals surface area contributed by atoms with E-state index in [1.807, 2.05) is 12.1 Å². The molecule has 38 heavy (non-hydrogen) atoms. The Labute approximate surface area is 225 Å². The number of anilines is 2. The van der Waals surface area contributed by atoms with Crippen LogP contribution in [0.1, 0.15) is 19.3 Å². The van der Waals surface area contributed by atoms with Gasteiger partial charge in [0.2, 0.25) is 12.5 Å². The van der Waals surface area contributed by atoms with Crippen LogP contribution >= 0.6 is 11.6 Å². The number of nitrogens with zero attached hydrogens (tertiary/aromatic N) is 4. The Hall–Kier alpha value is -3.12. The van der Waals surface area contributed by atoms with Crippen LogP contribution in [0.3, 0.4) is 0 Å². The van der Waals surface area contributed by atoms with E-state index in [1.165, 1.54) is 12.5 Å². The van der Waals surface area contributed by atoms with Crippen LogP contribution in [0.5, 0.6) is 23.1 Å². The van der Waals surface area contributed by atoms with E-state index in [-0.39, 0.29) is 12.9 Å². The number of morpholine rings is 1. The number of hydrogen-bond donors (Lipinski definition) is 1. The zero-order valence-corrected chi connectivity index (χ0v) is 21.7. The lowest BCUT2D eigenvalue weighted by Crippen LogP contribution is -2.37. The van der Waals surface area contributed by atoms with Crippen LogP contribution < -0.4 is 24.3 Å². The molecule has 5 heterocycles. The summed E-state index contributed by atoms with van der Waals surface area (Å²) in [5.74, 6) is 2.69. The summed E-state index contributed by atoms with van der Waals surface area (Å²) in [4.78, 5) is 15.6. The molecule has 11 nitrogen and oxygen atoms in total. The van der Waals surface area contributed by atoms with Crippen molar-refractivity contribution in [3.05, 3.63) is 29.7 Å². The molecule has 0 spiro atoms. The summed E-state index contributed by atoms with van der Waals surface area (Å²) >= 11 is 6.48. The number of nitrogens with one attached hydrogen (secondary N) is 1. The second kappa shape index (κ2) is 11.7. The Kier molecular flexibility index (Phi) is 7.77. The van der Waals surface area contributed by atoms with Gasteiger partial charge in [0, 0.05) is 44.6 Å². The highest BCUT2D eigenvalue weighted by atomic mass is 35.5. The van der Waals surface area contributed by atoms with Gasteiger partial charge in [0.1, 0.15) is 35.4 Å². The molecule has 0 unspecified atom stereocenters. The Morgan fingerprint density at radius 1 is 1.03 bits per heavy atom. The summed E-state index contributed by atoms with van der Waals surface area (Å²) in [5, 5.41) is 4.42. The molecule has 6 rings (SSSR count). The Balaban J connectivity index is 1.27. The highest BCUT2D eigenvalue weighted by molar-refractivity contribution is 6.33. The van der Waals surface area contributed by atoms with E-state index < -0.39 is 0 Å². The Morgan fingerprint density at radius 3 is 2.74 bits per heavy atom. The molecule has 12 heteroatoms. The standard InChI is InChI=1S/C26H30ClN5O6/c27-19-14-28-26-24(36-16-37-26)23(19)31-25-22-20(29-15-30-25)12-18(13-21(22)38-17-2-8-33-9-3-17)35-7-1-4-32-5-10-34-11-6-32/h12-15,17H,1-11,16H2,(H,28,29,30,31). The maximum atomic E-state index is 6.51. The van der Waals surface area contributed by atoms with Crippen molar-refractivity contribution in [2.45, 2.75) is 25.4 Å². The summed E-state index contributed by atoms with van der Waals surface area (Å²) in [6.45, 7) is 6.49. The third-order valence-corrected chi connectivity index (χ3v) is 7.01. The average Bonchev–Trinajstić information content (AvgIpc) is 3.43. The fourth-order valence-corrected chi connectivity index (χ4v) is 4.93. The zero-order chi connectivity index (χ0) is 25.7. The molecule has 3 aliphatic rings. The van der Waals surface area contributed by atoms with Crippen molar-refractivity contribution in [3.8, 4) is 23.1 Å². The van der Waals surface area contributed by atoms with Gasteiger partial charge < -0.3 is 33.7 Å². The summed E-state index contributed by atoms with van der Waals surface area (Å²) in [6, 6.07) is 3.82. The van der Waals surface area contributed by atoms with E-state index in [9.17, 15) is 0 Å². The maximum Gasteiger partial charge on any atom is 0.262 e. The predicted octanol–water partition coefficient (Wildman–Crippen LogP) is 3.81. The quantitative estimate of drug-likeness (QED) is 0.398. The minimum Gasteiger partial charge on any atom is -0.493 e. The lowest BCUT2D eigenvalue weighted by Gasteiger charge is -2.26. The first-order chi connectivity index (χ1) is 18.7. The third-order valence-electron chi connectivity index (χ3n) is 6.73. The van der Waals surface area contributed by atoms with E-state index in [4.69, 9.17) is 40.0 Å². The van der Waals surface area contributed by atoms with Gasteiger partial charge in [-0.3, -0.25) is 4.90 Å². The van der Waals surface area contributed by atoms with Gasteiger partial charge in [-0.25, -0.2) is 15.0 Å². The van der Waals surface area contributed by atoms with Gasteiger partial charge in [0.05, 0.1) is 55.2 Å². The van der Waals surface area contributed by atoms with Gasteiger partial charge in [-0.05, 0) is 6.42 Å². The van der Waals surface area contributed by atoms with Gasteiger partial charge in [-0.15, -0.1) is 0 Å². The van der Waals surface area contributed by atoms with Crippen LogP contribution in [0.2, 0.25) is 5.02 Å². The van der Waals surface area contributed by atoms with Gasteiger partial charge in [0.25, 0.3) is 5.88 Å². The molecule has 0 atom stereocenters. The lowest BCUT2D eigenvalue weighted by atomic mass is 10.1. The van der Waals surface area contributed by atoms with Crippen LogP contribution in [-0.2, 0) is 9.47 Å². The van der Waals surface area contributed by atoms with Gasteiger partial charge in [-0.2, -0.15) is 0 Å². The van der Waals surface area contributed by atoms with Crippen LogP contribution in [-0.4, -0.2) is 85.4 Å². The number of rotatable bonds is 9. The van der Waals surface area contributed by atoms with Crippen LogP contribution in [0.4, 0.5) is 11.5 Å².